The monoisotopic (exact) mass is 471 g/mol. The first-order valence-corrected chi connectivity index (χ1v) is 10.9. The summed E-state index contributed by atoms with van der Waals surface area (Å²) < 4.78 is 19.7. The van der Waals surface area contributed by atoms with Crippen molar-refractivity contribution >= 4 is 11.9 Å². The first kappa shape index (κ1) is 22.3. The molecule has 0 saturated carbocycles. The third kappa shape index (κ3) is 4.25. The number of carbonyl (C=O) groups excluding carboxylic acids is 1. The smallest absolute Gasteiger partial charge is 0.258 e. The van der Waals surface area contributed by atoms with Gasteiger partial charge in [0.15, 0.2) is 0 Å². The lowest BCUT2D eigenvalue weighted by atomic mass is 9.88. The third-order valence-corrected chi connectivity index (χ3v) is 5.99. The zero-order valence-electron chi connectivity index (χ0n) is 19.1. The van der Waals surface area contributed by atoms with E-state index in [2.05, 4.69) is 24.9 Å². The van der Waals surface area contributed by atoms with E-state index in [-0.39, 0.29) is 11.9 Å². The van der Waals surface area contributed by atoms with Crippen LogP contribution in [0.3, 0.4) is 0 Å². The standard InChI is InChI=1S/C25H22FN7O2/c1-14-23-19(32-25(27)30-14)10-21(33(24(23)34)13-15-5-7-28-8-6-15)17-4-3-16(26)9-18(17)20-11-29-12-22(31-20)35-2/h3-9,11-12,21H,10,13H2,1-2H3,(H2,27,30,32). The first-order chi connectivity index (χ1) is 16.9. The van der Waals surface area contributed by atoms with Crippen LogP contribution in [0.5, 0.6) is 5.88 Å². The van der Waals surface area contributed by atoms with Gasteiger partial charge in [-0.05, 0) is 42.3 Å². The van der Waals surface area contributed by atoms with Crippen molar-refractivity contribution in [2.45, 2.75) is 25.9 Å². The molecule has 10 heteroatoms. The second-order valence-electron chi connectivity index (χ2n) is 8.18. The number of hydrogen-bond acceptors (Lipinski definition) is 8. The van der Waals surface area contributed by atoms with Gasteiger partial charge in [0.25, 0.3) is 5.91 Å². The topological polar surface area (TPSA) is 120 Å². The molecular weight excluding hydrogens is 449 g/mol. The predicted molar refractivity (Wildman–Crippen MR) is 126 cm³/mol. The lowest BCUT2D eigenvalue weighted by Gasteiger charge is -2.38. The fourth-order valence-electron chi connectivity index (χ4n) is 4.42. The summed E-state index contributed by atoms with van der Waals surface area (Å²) in [6, 6.07) is 7.67. The van der Waals surface area contributed by atoms with Crippen LogP contribution in [0.15, 0.2) is 55.1 Å². The maximum Gasteiger partial charge on any atom is 0.258 e. The van der Waals surface area contributed by atoms with Crippen molar-refractivity contribution in [3.63, 3.8) is 0 Å². The quantitative estimate of drug-likeness (QED) is 0.471. The summed E-state index contributed by atoms with van der Waals surface area (Å²) in [6.45, 7) is 2.06. The lowest BCUT2D eigenvalue weighted by molar-refractivity contribution is 0.0624. The number of carbonyl (C=O) groups is 1. The first-order valence-electron chi connectivity index (χ1n) is 10.9. The number of aryl methyl sites for hydroxylation is 1. The molecule has 0 saturated heterocycles. The van der Waals surface area contributed by atoms with Gasteiger partial charge in [-0.1, -0.05) is 6.07 Å². The number of anilines is 1. The minimum absolute atomic E-state index is 0.105. The van der Waals surface area contributed by atoms with Crippen LogP contribution >= 0.6 is 0 Å². The highest BCUT2D eigenvalue weighted by molar-refractivity contribution is 5.98. The number of methoxy groups -OCH3 is 1. The number of ether oxygens (including phenoxy) is 1. The number of hydrogen-bond donors (Lipinski definition) is 1. The minimum Gasteiger partial charge on any atom is -0.480 e. The van der Waals surface area contributed by atoms with Crippen LogP contribution in [0.1, 0.15) is 38.9 Å². The number of rotatable bonds is 5. The van der Waals surface area contributed by atoms with E-state index in [1.807, 2.05) is 12.1 Å². The molecule has 176 valence electrons. The van der Waals surface area contributed by atoms with Gasteiger partial charge in [0.05, 0.1) is 48.2 Å². The Hall–Kier alpha value is -4.47. The molecule has 9 nitrogen and oxygen atoms in total. The van der Waals surface area contributed by atoms with Gasteiger partial charge >= 0.3 is 0 Å². The van der Waals surface area contributed by atoms with Crippen LogP contribution in [0.2, 0.25) is 0 Å². The molecule has 0 spiro atoms. The third-order valence-electron chi connectivity index (χ3n) is 5.99. The second-order valence-corrected chi connectivity index (χ2v) is 8.18. The Bertz CT molecular complexity index is 1410. The van der Waals surface area contributed by atoms with Crippen LogP contribution in [-0.4, -0.2) is 42.8 Å². The van der Waals surface area contributed by atoms with Gasteiger partial charge in [-0.3, -0.25) is 14.8 Å². The van der Waals surface area contributed by atoms with Crippen molar-refractivity contribution in [2.75, 3.05) is 12.8 Å². The average molecular weight is 471 g/mol. The largest absolute Gasteiger partial charge is 0.480 e. The number of nitrogens with zero attached hydrogens (tertiary/aromatic N) is 6. The molecular formula is C25H22FN7O2. The van der Waals surface area contributed by atoms with Crippen molar-refractivity contribution < 1.29 is 13.9 Å². The summed E-state index contributed by atoms with van der Waals surface area (Å²) in [6.07, 6.45) is 6.74. The number of amides is 1. The lowest BCUT2D eigenvalue weighted by Crippen LogP contribution is -2.41. The highest BCUT2D eigenvalue weighted by Gasteiger charge is 2.37. The fourth-order valence-corrected chi connectivity index (χ4v) is 4.42. The molecule has 1 atom stereocenters. The van der Waals surface area contributed by atoms with Crippen molar-refractivity contribution in [1.82, 2.24) is 29.8 Å². The summed E-state index contributed by atoms with van der Waals surface area (Å²) in [5.74, 6) is -0.252. The van der Waals surface area contributed by atoms with E-state index in [0.29, 0.717) is 52.6 Å². The van der Waals surface area contributed by atoms with Crippen molar-refractivity contribution in [2.24, 2.45) is 0 Å². The molecule has 1 amide bonds. The summed E-state index contributed by atoms with van der Waals surface area (Å²) in [4.78, 5) is 36.8. The number of benzene rings is 1. The Morgan fingerprint density at radius 2 is 1.91 bits per heavy atom. The van der Waals surface area contributed by atoms with Gasteiger partial charge in [-0.2, -0.15) is 0 Å². The molecule has 0 bridgehead atoms. The number of nitrogens with two attached hydrogens (primary N) is 1. The van der Waals surface area contributed by atoms with E-state index in [1.54, 1.807) is 30.3 Å². The summed E-state index contributed by atoms with van der Waals surface area (Å²) in [5, 5.41) is 0. The molecule has 4 heterocycles. The zero-order valence-corrected chi connectivity index (χ0v) is 19.1. The van der Waals surface area contributed by atoms with Crippen molar-refractivity contribution in [1.29, 1.82) is 0 Å². The number of nitrogen functional groups attached to an aromatic ring is 1. The van der Waals surface area contributed by atoms with Gasteiger partial charge in [-0.15, -0.1) is 0 Å². The van der Waals surface area contributed by atoms with E-state index < -0.39 is 11.9 Å². The molecule has 0 radical (unpaired) electrons. The Balaban J connectivity index is 1.68. The maximum absolute atomic E-state index is 14.4. The molecule has 2 N–H and O–H groups in total. The molecule has 1 aliphatic heterocycles. The number of halogens is 1. The predicted octanol–water partition coefficient (Wildman–Crippen LogP) is 3.31. The fraction of sp³-hybridized carbons (Fsp3) is 0.200. The van der Waals surface area contributed by atoms with Gasteiger partial charge in [0.1, 0.15) is 5.82 Å². The molecule has 3 aromatic heterocycles. The molecule has 35 heavy (non-hydrogen) atoms. The molecule has 0 fully saturated rings. The van der Waals surface area contributed by atoms with E-state index in [1.165, 1.54) is 31.6 Å². The van der Waals surface area contributed by atoms with Crippen molar-refractivity contribution in [3.05, 3.63) is 89.0 Å². The van der Waals surface area contributed by atoms with Crippen molar-refractivity contribution in [3.8, 4) is 17.1 Å². The van der Waals surface area contributed by atoms with Crippen LogP contribution in [0, 0.1) is 12.7 Å². The molecule has 1 unspecified atom stereocenters. The van der Waals surface area contributed by atoms with Crippen LogP contribution in [-0.2, 0) is 13.0 Å². The molecule has 1 aliphatic rings. The number of pyridine rings is 1. The highest BCUT2D eigenvalue weighted by Crippen LogP contribution is 2.39. The second kappa shape index (κ2) is 9.05. The number of fused-ring (bicyclic) bond motifs is 1. The Morgan fingerprint density at radius 1 is 1.11 bits per heavy atom. The minimum atomic E-state index is -0.472. The van der Waals surface area contributed by atoms with Gasteiger partial charge in [-0.25, -0.2) is 19.3 Å². The Kier molecular flexibility index (Phi) is 5.77. The summed E-state index contributed by atoms with van der Waals surface area (Å²) in [5.41, 5.74) is 9.98. The summed E-state index contributed by atoms with van der Waals surface area (Å²) in [7, 11) is 1.49. The number of aromatic nitrogens is 5. The Labute approximate surface area is 200 Å². The average Bonchev–Trinajstić information content (AvgIpc) is 2.86. The van der Waals surface area contributed by atoms with E-state index in [4.69, 9.17) is 10.5 Å². The van der Waals surface area contributed by atoms with E-state index in [0.717, 1.165) is 5.56 Å². The zero-order chi connectivity index (χ0) is 24.5. The van der Waals surface area contributed by atoms with Crippen LogP contribution in [0.25, 0.3) is 11.3 Å². The normalized spacial score (nSPS) is 15.1. The van der Waals surface area contributed by atoms with Gasteiger partial charge in [0.2, 0.25) is 11.8 Å². The molecule has 1 aromatic carbocycles. The van der Waals surface area contributed by atoms with E-state index in [9.17, 15) is 9.18 Å². The van der Waals surface area contributed by atoms with E-state index >= 15 is 0 Å². The summed E-state index contributed by atoms with van der Waals surface area (Å²) >= 11 is 0. The highest BCUT2D eigenvalue weighted by atomic mass is 19.1. The Morgan fingerprint density at radius 3 is 2.69 bits per heavy atom. The maximum atomic E-state index is 14.4. The van der Waals surface area contributed by atoms with Gasteiger partial charge < -0.3 is 15.4 Å². The molecule has 4 aromatic rings. The molecule has 5 rings (SSSR count). The van der Waals surface area contributed by atoms with Crippen LogP contribution < -0.4 is 10.5 Å². The van der Waals surface area contributed by atoms with Gasteiger partial charge in [0, 0.05) is 30.9 Å². The SMILES string of the molecule is COc1cncc(-c2cc(F)ccc2C2Cc3nc(N)nc(C)c3C(=O)N2Cc2ccncc2)n1. The van der Waals surface area contributed by atoms with Crippen LogP contribution in [0.4, 0.5) is 10.3 Å². The molecule has 0 aliphatic carbocycles.